The van der Waals surface area contributed by atoms with Gasteiger partial charge in [0.1, 0.15) is 16.8 Å². The van der Waals surface area contributed by atoms with E-state index in [9.17, 15) is 0 Å². The molecular formula is C19H20ClN5. The number of halogens is 1. The average Bonchev–Trinajstić information content (AvgIpc) is 3.05. The van der Waals surface area contributed by atoms with Crippen LogP contribution in [0.5, 0.6) is 0 Å². The number of aliphatic imine (C=N–C) groups is 1. The van der Waals surface area contributed by atoms with Gasteiger partial charge in [-0.2, -0.15) is 0 Å². The van der Waals surface area contributed by atoms with Gasteiger partial charge in [0.05, 0.1) is 11.9 Å². The number of aromatic nitrogens is 3. The second-order valence-electron chi connectivity index (χ2n) is 6.43. The summed E-state index contributed by atoms with van der Waals surface area (Å²) in [4.78, 5) is 16.7. The van der Waals surface area contributed by atoms with E-state index in [1.54, 1.807) is 6.20 Å². The lowest BCUT2D eigenvalue weighted by molar-refractivity contribution is 0.383. The monoisotopic (exact) mass is 353 g/mol. The van der Waals surface area contributed by atoms with Crippen LogP contribution in [-0.2, 0) is 0 Å². The average molecular weight is 354 g/mol. The van der Waals surface area contributed by atoms with Gasteiger partial charge in [-0.25, -0.2) is 9.97 Å². The summed E-state index contributed by atoms with van der Waals surface area (Å²) in [7, 11) is 0. The van der Waals surface area contributed by atoms with Crippen molar-refractivity contribution in [2.24, 2.45) is 10.9 Å². The Labute approximate surface area is 151 Å². The van der Waals surface area contributed by atoms with Crippen molar-refractivity contribution < 1.29 is 0 Å². The third-order valence-corrected chi connectivity index (χ3v) is 4.85. The number of dihydropyridines is 1. The third-order valence-electron chi connectivity index (χ3n) is 4.67. The quantitative estimate of drug-likeness (QED) is 0.878. The first kappa shape index (κ1) is 16.2. The first-order valence-electron chi connectivity index (χ1n) is 8.54. The summed E-state index contributed by atoms with van der Waals surface area (Å²) in [5.74, 6) is 0.507. The van der Waals surface area contributed by atoms with E-state index in [0.717, 1.165) is 35.3 Å². The molecule has 2 aliphatic rings. The second kappa shape index (κ2) is 6.94. The Morgan fingerprint density at radius 1 is 1.28 bits per heavy atom. The van der Waals surface area contributed by atoms with Crippen LogP contribution < -0.4 is 5.32 Å². The molecule has 0 bridgehead atoms. The van der Waals surface area contributed by atoms with E-state index in [0.29, 0.717) is 17.1 Å². The highest BCUT2D eigenvalue weighted by Gasteiger charge is 2.21. The number of fused-ring (bicyclic) bond motifs is 1. The molecule has 0 amide bonds. The van der Waals surface area contributed by atoms with Crippen molar-refractivity contribution in [1.29, 1.82) is 0 Å². The summed E-state index contributed by atoms with van der Waals surface area (Å²) in [5.41, 5.74) is 3.31. The van der Waals surface area contributed by atoms with Gasteiger partial charge < -0.3 is 4.98 Å². The van der Waals surface area contributed by atoms with Crippen LogP contribution in [0, 0.1) is 5.92 Å². The smallest absolute Gasteiger partial charge is 0.156 e. The minimum atomic E-state index is 0.0615. The maximum absolute atomic E-state index is 6.00. The molecule has 0 radical (unpaired) electrons. The molecule has 2 N–H and O–H groups in total. The Bertz CT molecular complexity index is 892. The van der Waals surface area contributed by atoms with Crippen molar-refractivity contribution in [3.05, 3.63) is 59.6 Å². The molecule has 2 unspecified atom stereocenters. The lowest BCUT2D eigenvalue weighted by Gasteiger charge is -2.27. The highest BCUT2D eigenvalue weighted by atomic mass is 35.5. The minimum absolute atomic E-state index is 0.0615. The van der Waals surface area contributed by atoms with Crippen LogP contribution >= 0.6 is 11.6 Å². The first-order chi connectivity index (χ1) is 12.2. The van der Waals surface area contributed by atoms with Crippen molar-refractivity contribution in [2.45, 2.75) is 32.0 Å². The van der Waals surface area contributed by atoms with E-state index >= 15 is 0 Å². The normalized spacial score (nSPS) is 23.8. The van der Waals surface area contributed by atoms with E-state index in [1.807, 2.05) is 12.3 Å². The standard InChI is InChI=1S/C19H20ClN5/c1-12(13-6-3-2-4-7-13)23-17-9-5-8-15(24-17)14-10-21-19-18(14)25-16(20)11-22-19/h2-6,8,10-13,17,23H,7,9H2,1H3,(H,21,22)/t12-,13?,17?/m0/s1. The van der Waals surface area contributed by atoms with E-state index < -0.39 is 0 Å². The number of allylic oxidation sites excluding steroid dienone is 4. The van der Waals surface area contributed by atoms with Gasteiger partial charge in [-0.3, -0.25) is 10.3 Å². The van der Waals surface area contributed by atoms with Crippen LogP contribution in [-0.4, -0.2) is 32.9 Å². The van der Waals surface area contributed by atoms with Gasteiger partial charge in [-0.15, -0.1) is 0 Å². The van der Waals surface area contributed by atoms with Crippen molar-refractivity contribution >= 4 is 28.5 Å². The van der Waals surface area contributed by atoms with Crippen LogP contribution in [0.25, 0.3) is 11.2 Å². The summed E-state index contributed by atoms with van der Waals surface area (Å²) >= 11 is 6.00. The molecule has 0 spiro atoms. The molecule has 0 saturated carbocycles. The third kappa shape index (κ3) is 3.43. The summed E-state index contributed by atoms with van der Waals surface area (Å²) in [6.07, 6.45) is 18.3. The van der Waals surface area contributed by atoms with E-state index in [2.05, 4.69) is 57.6 Å². The fraction of sp³-hybridized carbons (Fsp3) is 0.316. The Hall–Kier alpha value is -2.24. The van der Waals surface area contributed by atoms with E-state index in [4.69, 9.17) is 16.6 Å². The molecule has 0 fully saturated rings. The van der Waals surface area contributed by atoms with Crippen LogP contribution in [0.2, 0.25) is 5.15 Å². The Morgan fingerprint density at radius 2 is 2.20 bits per heavy atom. The second-order valence-corrected chi connectivity index (χ2v) is 6.82. The predicted octanol–water partition coefficient (Wildman–Crippen LogP) is 3.80. The largest absolute Gasteiger partial charge is 0.344 e. The number of H-pyrrole nitrogens is 1. The number of hydrogen-bond acceptors (Lipinski definition) is 4. The number of aromatic amines is 1. The Balaban J connectivity index is 1.55. The molecule has 0 saturated heterocycles. The molecule has 6 heteroatoms. The van der Waals surface area contributed by atoms with Gasteiger partial charge in [-0.1, -0.05) is 42.0 Å². The lowest BCUT2D eigenvalue weighted by atomic mass is 9.93. The Kier molecular flexibility index (Phi) is 4.51. The molecule has 0 aromatic carbocycles. The van der Waals surface area contributed by atoms with Crippen LogP contribution in [0.3, 0.4) is 0 Å². The van der Waals surface area contributed by atoms with E-state index in [-0.39, 0.29) is 6.17 Å². The van der Waals surface area contributed by atoms with Crippen molar-refractivity contribution in [1.82, 2.24) is 20.3 Å². The Morgan fingerprint density at radius 3 is 3.04 bits per heavy atom. The van der Waals surface area contributed by atoms with Gasteiger partial charge in [-0.05, 0) is 25.3 Å². The molecule has 2 aromatic heterocycles. The highest BCUT2D eigenvalue weighted by molar-refractivity contribution is 6.29. The number of nitrogens with one attached hydrogen (secondary N) is 2. The van der Waals surface area contributed by atoms with E-state index in [1.165, 1.54) is 0 Å². The lowest BCUT2D eigenvalue weighted by Crippen LogP contribution is -2.40. The topological polar surface area (TPSA) is 66.0 Å². The summed E-state index contributed by atoms with van der Waals surface area (Å²) in [6, 6.07) is 0.361. The van der Waals surface area contributed by atoms with Crippen molar-refractivity contribution in [3.63, 3.8) is 0 Å². The molecule has 3 heterocycles. The number of hydrogen-bond donors (Lipinski definition) is 2. The van der Waals surface area contributed by atoms with Gasteiger partial charge in [0.2, 0.25) is 0 Å². The fourth-order valence-electron chi connectivity index (χ4n) is 3.30. The zero-order chi connectivity index (χ0) is 17.2. The molecule has 3 atom stereocenters. The minimum Gasteiger partial charge on any atom is -0.344 e. The van der Waals surface area contributed by atoms with Gasteiger partial charge >= 0.3 is 0 Å². The number of nitrogens with zero attached hydrogens (tertiary/aromatic N) is 3. The summed E-state index contributed by atoms with van der Waals surface area (Å²) in [6.45, 7) is 2.22. The van der Waals surface area contributed by atoms with Crippen LogP contribution in [0.1, 0.15) is 25.3 Å². The molecule has 25 heavy (non-hydrogen) atoms. The van der Waals surface area contributed by atoms with Crippen LogP contribution in [0.4, 0.5) is 0 Å². The molecule has 128 valence electrons. The SMILES string of the molecule is C[C@H](NC1CC=CC(c2c[nH]c3ncc(Cl)nc23)=N1)C1C=CC=CC1. The summed E-state index contributed by atoms with van der Waals surface area (Å²) in [5, 5.41) is 4.03. The molecule has 5 nitrogen and oxygen atoms in total. The summed E-state index contributed by atoms with van der Waals surface area (Å²) < 4.78 is 0. The maximum Gasteiger partial charge on any atom is 0.156 e. The van der Waals surface area contributed by atoms with Crippen molar-refractivity contribution in [3.8, 4) is 0 Å². The first-order valence-corrected chi connectivity index (χ1v) is 8.92. The highest BCUT2D eigenvalue weighted by Crippen LogP contribution is 2.21. The molecule has 4 rings (SSSR count). The zero-order valence-electron chi connectivity index (χ0n) is 14.0. The zero-order valence-corrected chi connectivity index (χ0v) is 14.7. The predicted molar refractivity (Wildman–Crippen MR) is 102 cm³/mol. The molecule has 2 aromatic rings. The maximum atomic E-state index is 6.00. The fourth-order valence-corrected chi connectivity index (χ4v) is 3.43. The number of rotatable bonds is 4. The molecule has 1 aliphatic carbocycles. The van der Waals surface area contributed by atoms with Crippen LogP contribution in [0.15, 0.2) is 53.8 Å². The molecular weight excluding hydrogens is 334 g/mol. The molecule has 1 aliphatic heterocycles. The van der Waals surface area contributed by atoms with Gasteiger partial charge in [0, 0.05) is 24.2 Å². The van der Waals surface area contributed by atoms with Gasteiger partial charge in [0.25, 0.3) is 0 Å². The van der Waals surface area contributed by atoms with Crippen molar-refractivity contribution in [2.75, 3.05) is 0 Å². The van der Waals surface area contributed by atoms with Gasteiger partial charge in [0.15, 0.2) is 5.65 Å².